The van der Waals surface area contributed by atoms with Crippen molar-refractivity contribution in [2.75, 3.05) is 6.54 Å². The molecular formula is C17H19F2N3O. The van der Waals surface area contributed by atoms with E-state index in [0.29, 0.717) is 37.2 Å². The zero-order valence-electron chi connectivity index (χ0n) is 13.0. The standard InChI is InChI=1S/C17H19F2N3O/c1-2-3-16-20-15-4-5-22(10-14(15)17(23)21-16)9-11-6-12(18)8-13(19)7-11/h6-8H,2-5,9-10H2,1H3,(H,20,21,23). The molecule has 4 nitrogen and oxygen atoms in total. The maximum Gasteiger partial charge on any atom is 0.255 e. The number of benzene rings is 1. The maximum atomic E-state index is 13.3. The van der Waals surface area contributed by atoms with Gasteiger partial charge in [0.15, 0.2) is 0 Å². The number of hydrogen-bond donors (Lipinski definition) is 1. The summed E-state index contributed by atoms with van der Waals surface area (Å²) in [6, 6.07) is 3.51. The van der Waals surface area contributed by atoms with Gasteiger partial charge < -0.3 is 4.98 Å². The molecule has 1 aromatic carbocycles. The van der Waals surface area contributed by atoms with Crippen molar-refractivity contribution >= 4 is 0 Å². The van der Waals surface area contributed by atoms with E-state index < -0.39 is 11.6 Å². The number of halogens is 2. The van der Waals surface area contributed by atoms with E-state index in [9.17, 15) is 13.6 Å². The lowest BCUT2D eigenvalue weighted by atomic mass is 10.1. The van der Waals surface area contributed by atoms with Gasteiger partial charge in [-0.1, -0.05) is 6.92 Å². The topological polar surface area (TPSA) is 49.0 Å². The van der Waals surface area contributed by atoms with E-state index in [0.717, 1.165) is 30.4 Å². The first-order valence-corrected chi connectivity index (χ1v) is 7.83. The van der Waals surface area contributed by atoms with Crippen LogP contribution in [0.3, 0.4) is 0 Å². The van der Waals surface area contributed by atoms with Crippen LogP contribution in [-0.4, -0.2) is 21.4 Å². The van der Waals surface area contributed by atoms with Gasteiger partial charge in [-0.25, -0.2) is 13.8 Å². The number of rotatable bonds is 4. The van der Waals surface area contributed by atoms with E-state index in [1.807, 2.05) is 11.8 Å². The number of nitrogens with one attached hydrogen (secondary N) is 1. The first kappa shape index (κ1) is 15.8. The summed E-state index contributed by atoms with van der Waals surface area (Å²) in [5.41, 5.74) is 1.97. The van der Waals surface area contributed by atoms with Crippen molar-refractivity contribution in [3.63, 3.8) is 0 Å². The lowest BCUT2D eigenvalue weighted by Crippen LogP contribution is -2.35. The fourth-order valence-electron chi connectivity index (χ4n) is 2.98. The molecule has 0 saturated carbocycles. The minimum Gasteiger partial charge on any atom is -0.310 e. The molecule has 0 saturated heterocycles. The van der Waals surface area contributed by atoms with Crippen LogP contribution in [0.5, 0.6) is 0 Å². The van der Waals surface area contributed by atoms with Gasteiger partial charge in [0.2, 0.25) is 0 Å². The quantitative estimate of drug-likeness (QED) is 0.942. The molecule has 1 aliphatic rings. The number of aromatic amines is 1. The molecule has 0 atom stereocenters. The summed E-state index contributed by atoms with van der Waals surface area (Å²) >= 11 is 0. The van der Waals surface area contributed by atoms with Crippen LogP contribution in [-0.2, 0) is 25.9 Å². The van der Waals surface area contributed by atoms with Gasteiger partial charge >= 0.3 is 0 Å². The maximum absolute atomic E-state index is 13.3. The molecule has 2 aromatic rings. The Hall–Kier alpha value is -2.08. The van der Waals surface area contributed by atoms with Crippen LogP contribution in [0.2, 0.25) is 0 Å². The number of aromatic nitrogens is 2. The van der Waals surface area contributed by atoms with E-state index in [1.54, 1.807) is 0 Å². The van der Waals surface area contributed by atoms with Crippen LogP contribution in [0, 0.1) is 11.6 Å². The van der Waals surface area contributed by atoms with E-state index in [2.05, 4.69) is 9.97 Å². The van der Waals surface area contributed by atoms with Gasteiger partial charge in [-0.2, -0.15) is 0 Å². The second-order valence-electron chi connectivity index (χ2n) is 5.93. The predicted molar refractivity (Wildman–Crippen MR) is 83.0 cm³/mol. The number of H-pyrrole nitrogens is 1. The first-order chi connectivity index (χ1) is 11.0. The molecule has 1 aromatic heterocycles. The molecule has 122 valence electrons. The summed E-state index contributed by atoms with van der Waals surface area (Å²) in [5.74, 6) is -0.431. The van der Waals surface area contributed by atoms with Crippen LogP contribution in [0.25, 0.3) is 0 Å². The molecule has 23 heavy (non-hydrogen) atoms. The van der Waals surface area contributed by atoms with Crippen LogP contribution < -0.4 is 5.56 Å². The third-order valence-electron chi connectivity index (χ3n) is 4.01. The SMILES string of the molecule is CCCc1nc2c(c(=O)[nH]1)CN(Cc1cc(F)cc(F)c1)CC2. The van der Waals surface area contributed by atoms with Crippen molar-refractivity contribution in [1.29, 1.82) is 0 Å². The van der Waals surface area contributed by atoms with Crippen molar-refractivity contribution in [3.8, 4) is 0 Å². The highest BCUT2D eigenvalue weighted by atomic mass is 19.1. The monoisotopic (exact) mass is 319 g/mol. The Labute approximate surface area is 133 Å². The van der Waals surface area contributed by atoms with Crippen molar-refractivity contribution in [1.82, 2.24) is 14.9 Å². The molecule has 0 aliphatic carbocycles. The van der Waals surface area contributed by atoms with Gasteiger partial charge in [-0.05, 0) is 24.1 Å². The number of hydrogen-bond acceptors (Lipinski definition) is 3. The van der Waals surface area contributed by atoms with Crippen molar-refractivity contribution in [2.45, 2.75) is 39.3 Å². The Kier molecular flexibility index (Phi) is 4.52. The van der Waals surface area contributed by atoms with E-state index >= 15 is 0 Å². The molecule has 2 heterocycles. The molecule has 0 fully saturated rings. The average molecular weight is 319 g/mol. The smallest absolute Gasteiger partial charge is 0.255 e. The van der Waals surface area contributed by atoms with Crippen LogP contribution >= 0.6 is 0 Å². The van der Waals surface area contributed by atoms with Crippen molar-refractivity contribution < 1.29 is 8.78 Å². The average Bonchev–Trinajstić information content (AvgIpc) is 2.47. The molecule has 0 unspecified atom stereocenters. The normalized spacial score (nSPS) is 14.7. The Balaban J connectivity index is 1.79. The predicted octanol–water partition coefficient (Wildman–Crippen LogP) is 2.56. The lowest BCUT2D eigenvalue weighted by molar-refractivity contribution is 0.240. The van der Waals surface area contributed by atoms with Gasteiger partial charge in [0, 0.05) is 38.5 Å². The van der Waals surface area contributed by atoms with Gasteiger partial charge in [0.05, 0.1) is 11.3 Å². The van der Waals surface area contributed by atoms with Crippen molar-refractivity contribution in [3.05, 3.63) is 62.8 Å². The highest BCUT2D eigenvalue weighted by molar-refractivity contribution is 5.22. The largest absolute Gasteiger partial charge is 0.310 e. The second-order valence-corrected chi connectivity index (χ2v) is 5.93. The summed E-state index contributed by atoms with van der Waals surface area (Å²) in [7, 11) is 0. The molecular weight excluding hydrogens is 300 g/mol. The first-order valence-electron chi connectivity index (χ1n) is 7.83. The van der Waals surface area contributed by atoms with Crippen molar-refractivity contribution in [2.24, 2.45) is 0 Å². The van der Waals surface area contributed by atoms with E-state index in [-0.39, 0.29) is 5.56 Å². The Bertz CT molecular complexity index is 753. The highest BCUT2D eigenvalue weighted by Gasteiger charge is 2.21. The Morgan fingerprint density at radius 1 is 1.26 bits per heavy atom. The summed E-state index contributed by atoms with van der Waals surface area (Å²) < 4.78 is 26.6. The lowest BCUT2D eigenvalue weighted by Gasteiger charge is -2.27. The summed E-state index contributed by atoms with van der Waals surface area (Å²) in [5, 5.41) is 0. The molecule has 1 N–H and O–H groups in total. The number of fused-ring (bicyclic) bond motifs is 1. The minimum atomic E-state index is -0.582. The van der Waals surface area contributed by atoms with Gasteiger partial charge in [0.25, 0.3) is 5.56 Å². The highest BCUT2D eigenvalue weighted by Crippen LogP contribution is 2.18. The number of aryl methyl sites for hydroxylation is 1. The third kappa shape index (κ3) is 3.64. The van der Waals surface area contributed by atoms with E-state index in [1.165, 1.54) is 12.1 Å². The Morgan fingerprint density at radius 3 is 2.70 bits per heavy atom. The van der Waals surface area contributed by atoms with Crippen LogP contribution in [0.4, 0.5) is 8.78 Å². The molecule has 0 spiro atoms. The van der Waals surface area contributed by atoms with Gasteiger partial charge in [0.1, 0.15) is 17.5 Å². The zero-order valence-corrected chi connectivity index (χ0v) is 13.0. The fourth-order valence-corrected chi connectivity index (χ4v) is 2.98. The van der Waals surface area contributed by atoms with Crippen LogP contribution in [0.15, 0.2) is 23.0 Å². The molecule has 3 rings (SSSR count). The molecule has 6 heteroatoms. The van der Waals surface area contributed by atoms with Gasteiger partial charge in [-0.15, -0.1) is 0 Å². The van der Waals surface area contributed by atoms with Crippen LogP contribution in [0.1, 0.15) is 36.0 Å². The van der Waals surface area contributed by atoms with E-state index in [4.69, 9.17) is 0 Å². The fraction of sp³-hybridized carbons (Fsp3) is 0.412. The third-order valence-corrected chi connectivity index (χ3v) is 4.01. The summed E-state index contributed by atoms with van der Waals surface area (Å²) in [4.78, 5) is 21.6. The second kappa shape index (κ2) is 6.58. The number of nitrogens with zero attached hydrogens (tertiary/aromatic N) is 2. The zero-order chi connectivity index (χ0) is 16.4. The summed E-state index contributed by atoms with van der Waals surface area (Å²) in [6.07, 6.45) is 2.36. The minimum absolute atomic E-state index is 0.103. The molecule has 1 aliphatic heterocycles. The molecule has 0 amide bonds. The molecule has 0 bridgehead atoms. The molecule has 0 radical (unpaired) electrons. The summed E-state index contributed by atoms with van der Waals surface area (Å²) in [6.45, 7) is 3.61. The van der Waals surface area contributed by atoms with Gasteiger partial charge in [-0.3, -0.25) is 9.69 Å². The Morgan fingerprint density at radius 2 is 2.00 bits per heavy atom.